The van der Waals surface area contributed by atoms with E-state index in [0.717, 1.165) is 0 Å². The lowest BCUT2D eigenvalue weighted by molar-refractivity contribution is -0.152. The van der Waals surface area contributed by atoms with E-state index in [1.807, 2.05) is 20.8 Å². The number of rotatable bonds is 2. The van der Waals surface area contributed by atoms with Crippen molar-refractivity contribution in [2.24, 2.45) is 11.1 Å². The van der Waals surface area contributed by atoms with Gasteiger partial charge in [0, 0.05) is 13.0 Å². The van der Waals surface area contributed by atoms with Gasteiger partial charge in [-0.15, -0.1) is 12.4 Å². The molecule has 3 atom stereocenters. The summed E-state index contributed by atoms with van der Waals surface area (Å²) >= 11 is 0. The van der Waals surface area contributed by atoms with Crippen molar-refractivity contribution in [3.8, 4) is 0 Å². The van der Waals surface area contributed by atoms with Gasteiger partial charge in [0.05, 0.1) is 19.3 Å². The number of esters is 1. The standard InChI is InChI=1S/C12H22N2O4.ClH/c1-12(2,3)9(13)10(16)14-6-7(15)5-8(14)11(17)18-4;/h7-9,15H,5-6,13H2,1-4H3;1H/t7-,8+,9-;/m1./s1. The van der Waals surface area contributed by atoms with Crippen molar-refractivity contribution in [3.05, 3.63) is 0 Å². The minimum absolute atomic E-state index is 0. The average Bonchev–Trinajstić information content (AvgIpc) is 2.67. The van der Waals surface area contributed by atoms with Crippen molar-refractivity contribution in [2.75, 3.05) is 13.7 Å². The smallest absolute Gasteiger partial charge is 0.328 e. The van der Waals surface area contributed by atoms with Crippen LogP contribution in [-0.2, 0) is 14.3 Å². The number of halogens is 1. The molecule has 3 N–H and O–H groups in total. The van der Waals surface area contributed by atoms with E-state index in [1.165, 1.54) is 12.0 Å². The van der Waals surface area contributed by atoms with Crippen LogP contribution in [-0.4, -0.2) is 53.7 Å². The fraction of sp³-hybridized carbons (Fsp3) is 0.833. The van der Waals surface area contributed by atoms with Crippen LogP contribution in [0, 0.1) is 5.41 Å². The molecule has 1 aliphatic rings. The zero-order chi connectivity index (χ0) is 14.1. The first-order chi connectivity index (χ1) is 8.18. The van der Waals surface area contributed by atoms with Crippen LogP contribution in [0.1, 0.15) is 27.2 Å². The lowest BCUT2D eigenvalue weighted by atomic mass is 9.86. The summed E-state index contributed by atoms with van der Waals surface area (Å²) < 4.78 is 4.64. The fourth-order valence-electron chi connectivity index (χ4n) is 1.97. The molecule has 0 bridgehead atoms. The van der Waals surface area contributed by atoms with E-state index in [-0.39, 0.29) is 31.3 Å². The van der Waals surface area contributed by atoms with Crippen LogP contribution in [0.2, 0.25) is 0 Å². The molecular weight excluding hydrogens is 272 g/mol. The summed E-state index contributed by atoms with van der Waals surface area (Å²) in [6, 6.07) is -1.44. The van der Waals surface area contributed by atoms with Crippen LogP contribution in [0.4, 0.5) is 0 Å². The topological polar surface area (TPSA) is 92.9 Å². The van der Waals surface area contributed by atoms with E-state index in [9.17, 15) is 14.7 Å². The number of ether oxygens (including phenoxy) is 1. The third-order valence-corrected chi connectivity index (χ3v) is 3.23. The molecule has 0 aromatic heterocycles. The minimum Gasteiger partial charge on any atom is -0.467 e. The van der Waals surface area contributed by atoms with Gasteiger partial charge in [0.2, 0.25) is 5.91 Å². The quantitative estimate of drug-likeness (QED) is 0.695. The second kappa shape index (κ2) is 6.54. The van der Waals surface area contributed by atoms with Gasteiger partial charge in [0.25, 0.3) is 0 Å². The molecule has 0 aromatic carbocycles. The molecule has 1 rings (SSSR count). The van der Waals surface area contributed by atoms with E-state index in [0.29, 0.717) is 0 Å². The second-order valence-corrected chi connectivity index (χ2v) is 5.76. The average molecular weight is 295 g/mol. The number of nitrogens with two attached hydrogens (primary N) is 1. The Morgan fingerprint density at radius 3 is 2.37 bits per heavy atom. The molecule has 6 nitrogen and oxygen atoms in total. The second-order valence-electron chi connectivity index (χ2n) is 5.76. The van der Waals surface area contributed by atoms with Crippen LogP contribution >= 0.6 is 12.4 Å². The minimum atomic E-state index is -0.731. The largest absolute Gasteiger partial charge is 0.467 e. The highest BCUT2D eigenvalue weighted by atomic mass is 35.5. The normalized spacial score (nSPS) is 24.6. The zero-order valence-electron chi connectivity index (χ0n) is 11.8. The Morgan fingerprint density at radius 2 is 1.95 bits per heavy atom. The maximum atomic E-state index is 12.3. The van der Waals surface area contributed by atoms with Crippen LogP contribution in [0.3, 0.4) is 0 Å². The van der Waals surface area contributed by atoms with E-state index in [2.05, 4.69) is 4.74 Å². The van der Waals surface area contributed by atoms with Crippen LogP contribution in [0.15, 0.2) is 0 Å². The Labute approximate surface area is 119 Å². The molecule has 1 saturated heterocycles. The first-order valence-electron chi connectivity index (χ1n) is 6.00. The fourth-order valence-corrected chi connectivity index (χ4v) is 1.97. The molecule has 1 fully saturated rings. The number of β-amino-alcohol motifs (C(OH)–C–C–N with tert-alkyl or cyclic N) is 1. The summed E-state index contributed by atoms with van der Waals surface area (Å²) in [7, 11) is 1.26. The Kier molecular flexibility index (Phi) is 6.25. The van der Waals surface area contributed by atoms with Gasteiger partial charge >= 0.3 is 5.97 Å². The Bertz CT molecular complexity index is 343. The molecule has 0 spiro atoms. The van der Waals surface area contributed by atoms with Crippen LogP contribution < -0.4 is 5.73 Å². The number of likely N-dealkylation sites (tertiary alicyclic amines) is 1. The number of carbonyl (C=O) groups is 2. The molecule has 19 heavy (non-hydrogen) atoms. The molecule has 112 valence electrons. The summed E-state index contributed by atoms with van der Waals surface area (Å²) in [6.45, 7) is 5.70. The predicted octanol–water partition coefficient (Wildman–Crippen LogP) is -0.0836. The van der Waals surface area contributed by atoms with Gasteiger partial charge in [0.1, 0.15) is 6.04 Å². The molecule has 0 aliphatic carbocycles. The summed E-state index contributed by atoms with van der Waals surface area (Å²) in [6.07, 6.45) is -0.500. The van der Waals surface area contributed by atoms with Crippen molar-refractivity contribution in [1.29, 1.82) is 0 Å². The van der Waals surface area contributed by atoms with Crippen molar-refractivity contribution in [1.82, 2.24) is 4.90 Å². The molecule has 0 aromatic rings. The third-order valence-electron chi connectivity index (χ3n) is 3.23. The highest BCUT2D eigenvalue weighted by Gasteiger charge is 2.43. The molecule has 1 heterocycles. The summed E-state index contributed by atoms with van der Waals surface area (Å²) in [5.74, 6) is -0.838. The predicted molar refractivity (Wildman–Crippen MR) is 72.8 cm³/mol. The maximum absolute atomic E-state index is 12.3. The van der Waals surface area contributed by atoms with Crippen LogP contribution in [0.25, 0.3) is 0 Å². The first kappa shape index (κ1) is 18.1. The SMILES string of the molecule is COC(=O)[C@@H]1C[C@@H](O)CN1C(=O)[C@@H](N)C(C)(C)C.Cl. The Morgan fingerprint density at radius 1 is 1.42 bits per heavy atom. The van der Waals surface area contributed by atoms with Gasteiger partial charge in [-0.3, -0.25) is 4.79 Å². The highest BCUT2D eigenvalue weighted by Crippen LogP contribution is 2.25. The number of aliphatic hydroxyl groups is 1. The molecule has 1 aliphatic heterocycles. The van der Waals surface area contributed by atoms with Crippen molar-refractivity contribution in [3.63, 3.8) is 0 Å². The molecule has 0 radical (unpaired) electrons. The van der Waals surface area contributed by atoms with E-state index < -0.39 is 29.6 Å². The number of hydrogen-bond acceptors (Lipinski definition) is 5. The number of aliphatic hydroxyl groups excluding tert-OH is 1. The van der Waals surface area contributed by atoms with Gasteiger partial charge < -0.3 is 20.5 Å². The first-order valence-corrected chi connectivity index (χ1v) is 6.00. The Balaban J connectivity index is 0.00000324. The summed E-state index contributed by atoms with van der Waals surface area (Å²) in [5, 5.41) is 9.61. The summed E-state index contributed by atoms with van der Waals surface area (Å²) in [4.78, 5) is 25.2. The molecular formula is C12H23ClN2O4. The van der Waals surface area contributed by atoms with Gasteiger partial charge in [-0.05, 0) is 5.41 Å². The summed E-state index contributed by atoms with van der Waals surface area (Å²) in [5.41, 5.74) is 5.50. The highest BCUT2D eigenvalue weighted by molar-refractivity contribution is 5.88. The molecule has 0 saturated carbocycles. The number of nitrogens with zero attached hydrogens (tertiary/aromatic N) is 1. The van der Waals surface area contributed by atoms with Gasteiger partial charge in [-0.2, -0.15) is 0 Å². The van der Waals surface area contributed by atoms with E-state index in [1.54, 1.807) is 0 Å². The zero-order valence-corrected chi connectivity index (χ0v) is 12.6. The van der Waals surface area contributed by atoms with E-state index >= 15 is 0 Å². The lowest BCUT2D eigenvalue weighted by Crippen LogP contribution is -2.53. The van der Waals surface area contributed by atoms with E-state index in [4.69, 9.17) is 5.73 Å². The molecule has 7 heteroatoms. The molecule has 0 unspecified atom stereocenters. The van der Waals surface area contributed by atoms with Crippen LogP contribution in [0.5, 0.6) is 0 Å². The lowest BCUT2D eigenvalue weighted by Gasteiger charge is -2.31. The van der Waals surface area contributed by atoms with Gasteiger partial charge in [-0.1, -0.05) is 20.8 Å². The van der Waals surface area contributed by atoms with Gasteiger partial charge in [0.15, 0.2) is 0 Å². The van der Waals surface area contributed by atoms with Crippen molar-refractivity contribution < 1.29 is 19.4 Å². The number of carbonyl (C=O) groups excluding carboxylic acids is 2. The number of amides is 1. The maximum Gasteiger partial charge on any atom is 0.328 e. The monoisotopic (exact) mass is 294 g/mol. The van der Waals surface area contributed by atoms with Crippen molar-refractivity contribution in [2.45, 2.75) is 45.4 Å². The Hall–Kier alpha value is -0.850. The number of hydrogen-bond donors (Lipinski definition) is 2. The van der Waals surface area contributed by atoms with Gasteiger partial charge in [-0.25, -0.2) is 4.79 Å². The number of methoxy groups -OCH3 is 1. The third kappa shape index (κ3) is 4.06. The van der Waals surface area contributed by atoms with Crippen molar-refractivity contribution >= 4 is 24.3 Å². The molecule has 1 amide bonds.